The van der Waals surface area contributed by atoms with Crippen LogP contribution in [0.4, 0.5) is 0 Å². The van der Waals surface area contributed by atoms with Crippen LogP contribution in [0, 0.1) is 5.92 Å². The van der Waals surface area contributed by atoms with Crippen molar-refractivity contribution in [1.82, 2.24) is 0 Å². The molecule has 0 aliphatic heterocycles. The van der Waals surface area contributed by atoms with E-state index in [4.69, 9.17) is 19.3 Å². The highest BCUT2D eigenvalue weighted by Gasteiger charge is 2.19. The maximum absolute atomic E-state index is 8.90. The second-order valence-electron chi connectivity index (χ2n) is 6.13. The largest absolute Gasteiger partial charge is 0.394 e. The molecule has 0 fully saturated rings. The number of rotatable bonds is 13. The maximum Gasteiger partial charge on any atom is 0.0784 e. The lowest BCUT2D eigenvalue weighted by atomic mass is 9.98. The number of aliphatic hydroxyl groups is 1. The Labute approximate surface area is 131 Å². The summed E-state index contributed by atoms with van der Waals surface area (Å²) in [5.41, 5.74) is 0. The van der Waals surface area contributed by atoms with Crippen molar-refractivity contribution in [3.63, 3.8) is 0 Å². The molecule has 0 saturated heterocycles. The van der Waals surface area contributed by atoms with Gasteiger partial charge in [-0.25, -0.2) is 0 Å². The predicted octanol–water partition coefficient (Wildman–Crippen LogP) is 3.41. The van der Waals surface area contributed by atoms with Crippen LogP contribution in [0.1, 0.15) is 60.8 Å². The van der Waals surface area contributed by atoms with E-state index >= 15 is 0 Å². The molecular formula is C17H36O4. The minimum Gasteiger partial charge on any atom is -0.394 e. The van der Waals surface area contributed by atoms with Gasteiger partial charge in [0.1, 0.15) is 0 Å². The Kier molecular flexibility index (Phi) is 12.3. The second-order valence-corrected chi connectivity index (χ2v) is 6.13. The molecule has 1 N–H and O–H groups in total. The van der Waals surface area contributed by atoms with Crippen molar-refractivity contribution in [2.24, 2.45) is 5.92 Å². The zero-order valence-electron chi connectivity index (χ0n) is 14.8. The summed E-state index contributed by atoms with van der Waals surface area (Å²) in [6.07, 6.45) is 3.68. The minimum absolute atomic E-state index is 0.0123. The average Bonchev–Trinajstić information content (AvgIpc) is 2.49. The van der Waals surface area contributed by atoms with Crippen LogP contribution in [-0.2, 0) is 14.2 Å². The van der Waals surface area contributed by atoms with E-state index in [-0.39, 0.29) is 24.9 Å². The molecule has 0 aromatic carbocycles. The Morgan fingerprint density at radius 2 is 1.43 bits per heavy atom. The SMILES string of the molecule is CCCC(OC(C)COC(C)COC(C)CO)C(C)CC. The van der Waals surface area contributed by atoms with Crippen molar-refractivity contribution in [2.45, 2.75) is 85.2 Å². The molecule has 4 nitrogen and oxygen atoms in total. The average molecular weight is 304 g/mol. The van der Waals surface area contributed by atoms with E-state index in [1.165, 1.54) is 0 Å². The highest BCUT2D eigenvalue weighted by molar-refractivity contribution is 4.67. The predicted molar refractivity (Wildman–Crippen MR) is 86.6 cm³/mol. The molecule has 5 atom stereocenters. The van der Waals surface area contributed by atoms with Crippen molar-refractivity contribution in [2.75, 3.05) is 19.8 Å². The molecule has 4 heteroatoms. The van der Waals surface area contributed by atoms with Gasteiger partial charge >= 0.3 is 0 Å². The number of ether oxygens (including phenoxy) is 3. The van der Waals surface area contributed by atoms with E-state index in [2.05, 4.69) is 27.7 Å². The number of hydrogen-bond acceptors (Lipinski definition) is 4. The van der Waals surface area contributed by atoms with Crippen LogP contribution in [0.25, 0.3) is 0 Å². The zero-order valence-corrected chi connectivity index (χ0v) is 14.8. The van der Waals surface area contributed by atoms with Crippen LogP contribution < -0.4 is 0 Å². The van der Waals surface area contributed by atoms with Gasteiger partial charge in [-0.3, -0.25) is 0 Å². The summed E-state index contributed by atoms with van der Waals surface area (Å²) in [5.74, 6) is 0.582. The summed E-state index contributed by atoms with van der Waals surface area (Å²) in [6, 6.07) is 0. The van der Waals surface area contributed by atoms with Gasteiger partial charge in [0.2, 0.25) is 0 Å². The van der Waals surface area contributed by atoms with Crippen molar-refractivity contribution >= 4 is 0 Å². The molecule has 0 heterocycles. The fraction of sp³-hybridized carbons (Fsp3) is 1.00. The Balaban J connectivity index is 3.97. The van der Waals surface area contributed by atoms with Gasteiger partial charge in [0.15, 0.2) is 0 Å². The van der Waals surface area contributed by atoms with Crippen molar-refractivity contribution in [1.29, 1.82) is 0 Å². The quantitative estimate of drug-likeness (QED) is 0.566. The third-order valence-corrected chi connectivity index (χ3v) is 3.75. The molecular weight excluding hydrogens is 268 g/mol. The molecule has 5 unspecified atom stereocenters. The van der Waals surface area contributed by atoms with Crippen molar-refractivity contribution in [3.8, 4) is 0 Å². The minimum atomic E-state index is -0.135. The van der Waals surface area contributed by atoms with Gasteiger partial charge in [-0.15, -0.1) is 0 Å². The molecule has 0 amide bonds. The summed E-state index contributed by atoms with van der Waals surface area (Å²) < 4.78 is 17.3. The summed E-state index contributed by atoms with van der Waals surface area (Å²) in [6.45, 7) is 13.7. The molecule has 0 radical (unpaired) electrons. The lowest BCUT2D eigenvalue weighted by Gasteiger charge is -2.27. The van der Waals surface area contributed by atoms with Crippen molar-refractivity contribution in [3.05, 3.63) is 0 Å². The van der Waals surface area contributed by atoms with Crippen LogP contribution in [0.3, 0.4) is 0 Å². The third kappa shape index (κ3) is 10.2. The molecule has 0 aliphatic rings. The first-order valence-corrected chi connectivity index (χ1v) is 8.43. The molecule has 0 aromatic heterocycles. The van der Waals surface area contributed by atoms with Gasteiger partial charge in [-0.1, -0.05) is 33.6 Å². The Morgan fingerprint density at radius 1 is 0.857 bits per heavy atom. The monoisotopic (exact) mass is 304 g/mol. The zero-order chi connectivity index (χ0) is 16.3. The first-order valence-electron chi connectivity index (χ1n) is 8.43. The van der Waals surface area contributed by atoms with Crippen LogP contribution in [-0.4, -0.2) is 49.3 Å². The number of hydrogen-bond donors (Lipinski definition) is 1. The van der Waals surface area contributed by atoms with Gasteiger partial charge in [-0.2, -0.15) is 0 Å². The normalized spacial score (nSPS) is 19.0. The van der Waals surface area contributed by atoms with E-state index in [1.807, 2.05) is 13.8 Å². The molecule has 128 valence electrons. The highest BCUT2D eigenvalue weighted by Crippen LogP contribution is 2.18. The molecule has 0 bridgehead atoms. The number of aliphatic hydroxyl groups excluding tert-OH is 1. The summed E-state index contributed by atoms with van der Waals surface area (Å²) in [5, 5.41) is 8.90. The van der Waals surface area contributed by atoms with Crippen LogP contribution in [0.2, 0.25) is 0 Å². The fourth-order valence-electron chi connectivity index (χ4n) is 2.07. The van der Waals surface area contributed by atoms with Crippen LogP contribution >= 0.6 is 0 Å². The second kappa shape index (κ2) is 12.4. The Morgan fingerprint density at radius 3 is 1.95 bits per heavy atom. The molecule has 0 saturated carbocycles. The van der Waals surface area contributed by atoms with Crippen molar-refractivity contribution < 1.29 is 19.3 Å². The van der Waals surface area contributed by atoms with Gasteiger partial charge in [0, 0.05) is 0 Å². The van der Waals surface area contributed by atoms with Crippen LogP contribution in [0.15, 0.2) is 0 Å². The molecule has 0 rings (SSSR count). The third-order valence-electron chi connectivity index (χ3n) is 3.75. The van der Waals surface area contributed by atoms with Gasteiger partial charge in [-0.05, 0) is 33.1 Å². The van der Waals surface area contributed by atoms with Gasteiger partial charge < -0.3 is 19.3 Å². The van der Waals surface area contributed by atoms with Gasteiger partial charge in [0.25, 0.3) is 0 Å². The van der Waals surface area contributed by atoms with Gasteiger partial charge in [0.05, 0.1) is 44.2 Å². The first kappa shape index (κ1) is 20.8. The van der Waals surface area contributed by atoms with E-state index in [0.29, 0.717) is 25.2 Å². The Bertz CT molecular complexity index is 235. The molecule has 0 aromatic rings. The molecule has 0 spiro atoms. The highest BCUT2D eigenvalue weighted by atomic mass is 16.6. The summed E-state index contributed by atoms with van der Waals surface area (Å²) >= 11 is 0. The maximum atomic E-state index is 8.90. The molecule has 0 aliphatic carbocycles. The summed E-state index contributed by atoms with van der Waals surface area (Å²) in [7, 11) is 0. The lowest BCUT2D eigenvalue weighted by molar-refractivity contribution is -0.101. The van der Waals surface area contributed by atoms with Crippen LogP contribution in [0.5, 0.6) is 0 Å². The molecule has 21 heavy (non-hydrogen) atoms. The van der Waals surface area contributed by atoms with E-state index < -0.39 is 0 Å². The van der Waals surface area contributed by atoms with E-state index in [0.717, 1.165) is 19.3 Å². The van der Waals surface area contributed by atoms with E-state index in [1.54, 1.807) is 0 Å². The summed E-state index contributed by atoms with van der Waals surface area (Å²) in [4.78, 5) is 0. The van der Waals surface area contributed by atoms with E-state index in [9.17, 15) is 0 Å². The first-order chi connectivity index (χ1) is 9.94. The standard InChI is InChI=1S/C17H36O4/c1-7-9-17(13(3)8-2)21-16(6)12-20-15(5)11-19-14(4)10-18/h13-18H,7-12H2,1-6H3. The smallest absolute Gasteiger partial charge is 0.0784 e. The lowest BCUT2D eigenvalue weighted by Crippen LogP contribution is -2.31. The topological polar surface area (TPSA) is 47.9 Å². The Hall–Kier alpha value is -0.160. The fourth-order valence-corrected chi connectivity index (χ4v) is 2.07.